The second-order valence-electron chi connectivity index (χ2n) is 3.95. The normalized spacial score (nSPS) is 10.5. The van der Waals surface area contributed by atoms with E-state index in [2.05, 4.69) is 29.0 Å². The Hall–Kier alpha value is -1.39. The molecule has 2 N–H and O–H groups in total. The summed E-state index contributed by atoms with van der Waals surface area (Å²) < 4.78 is 0. The van der Waals surface area contributed by atoms with Crippen LogP contribution in [-0.2, 0) is 6.54 Å². The molecule has 17 heavy (non-hydrogen) atoms. The highest BCUT2D eigenvalue weighted by atomic mass is 32.2. The molecule has 0 aliphatic rings. The summed E-state index contributed by atoms with van der Waals surface area (Å²) in [5.41, 5.74) is 9.04. The van der Waals surface area contributed by atoms with E-state index in [-0.39, 0.29) is 0 Å². The standard InChI is InChI=1S/C13H15N3S/c1-9-7-15-13(16-8-9)17-12-4-3-11(6-14)5-10(12)2/h3-5,7-8H,6,14H2,1-2H3. The maximum absolute atomic E-state index is 5.61. The molecule has 3 nitrogen and oxygen atoms in total. The van der Waals surface area contributed by atoms with Crippen LogP contribution in [0.25, 0.3) is 0 Å². The minimum Gasteiger partial charge on any atom is -0.326 e. The Morgan fingerprint density at radius 2 is 1.88 bits per heavy atom. The highest BCUT2D eigenvalue weighted by molar-refractivity contribution is 7.99. The molecule has 2 aromatic rings. The van der Waals surface area contributed by atoms with Crippen molar-refractivity contribution in [2.75, 3.05) is 0 Å². The molecule has 0 amide bonds. The van der Waals surface area contributed by atoms with Crippen molar-refractivity contribution in [1.82, 2.24) is 9.97 Å². The van der Waals surface area contributed by atoms with Crippen LogP contribution in [-0.4, -0.2) is 9.97 Å². The van der Waals surface area contributed by atoms with E-state index in [1.54, 1.807) is 11.8 Å². The van der Waals surface area contributed by atoms with E-state index in [9.17, 15) is 0 Å². The summed E-state index contributed by atoms with van der Waals surface area (Å²) in [7, 11) is 0. The molecular weight excluding hydrogens is 230 g/mol. The van der Waals surface area contributed by atoms with Crippen LogP contribution in [0.2, 0.25) is 0 Å². The van der Waals surface area contributed by atoms with Crippen LogP contribution in [0.15, 0.2) is 40.6 Å². The number of rotatable bonds is 3. The Morgan fingerprint density at radius 3 is 2.47 bits per heavy atom. The van der Waals surface area contributed by atoms with Gasteiger partial charge in [-0.1, -0.05) is 12.1 Å². The third-order valence-electron chi connectivity index (χ3n) is 2.43. The fraction of sp³-hybridized carbons (Fsp3) is 0.231. The molecule has 0 aliphatic carbocycles. The van der Waals surface area contributed by atoms with Gasteiger partial charge >= 0.3 is 0 Å². The van der Waals surface area contributed by atoms with Gasteiger partial charge < -0.3 is 5.73 Å². The Bertz CT molecular complexity index is 509. The number of nitrogens with zero attached hydrogens (tertiary/aromatic N) is 2. The summed E-state index contributed by atoms with van der Waals surface area (Å²) >= 11 is 1.58. The fourth-order valence-electron chi connectivity index (χ4n) is 1.48. The summed E-state index contributed by atoms with van der Waals surface area (Å²) in [5, 5.41) is 0.777. The Labute approximate surface area is 105 Å². The summed E-state index contributed by atoms with van der Waals surface area (Å²) in [5.74, 6) is 0. The molecule has 0 atom stereocenters. The zero-order chi connectivity index (χ0) is 12.3. The predicted octanol–water partition coefficient (Wildman–Crippen LogP) is 2.70. The molecule has 0 radical (unpaired) electrons. The lowest BCUT2D eigenvalue weighted by Crippen LogP contribution is -1.96. The van der Waals surface area contributed by atoms with E-state index >= 15 is 0 Å². The first-order chi connectivity index (χ1) is 8.19. The van der Waals surface area contributed by atoms with Gasteiger partial charge in [0, 0.05) is 23.8 Å². The molecule has 1 heterocycles. The number of hydrogen-bond donors (Lipinski definition) is 1. The van der Waals surface area contributed by atoms with Crippen molar-refractivity contribution in [2.45, 2.75) is 30.4 Å². The monoisotopic (exact) mass is 245 g/mol. The van der Waals surface area contributed by atoms with Crippen LogP contribution >= 0.6 is 11.8 Å². The SMILES string of the molecule is Cc1cnc(Sc2ccc(CN)cc2C)nc1. The Morgan fingerprint density at radius 1 is 1.18 bits per heavy atom. The zero-order valence-electron chi connectivity index (χ0n) is 9.97. The quantitative estimate of drug-likeness (QED) is 0.845. The van der Waals surface area contributed by atoms with Gasteiger partial charge in [0.15, 0.2) is 5.16 Å². The first-order valence-electron chi connectivity index (χ1n) is 5.45. The zero-order valence-corrected chi connectivity index (χ0v) is 10.8. The number of nitrogens with two attached hydrogens (primary N) is 1. The summed E-state index contributed by atoms with van der Waals surface area (Å²) in [6.07, 6.45) is 3.66. The van der Waals surface area contributed by atoms with Gasteiger partial charge in [0.2, 0.25) is 0 Å². The molecule has 0 bridgehead atoms. The van der Waals surface area contributed by atoms with Gasteiger partial charge in [-0.3, -0.25) is 0 Å². The Kier molecular flexibility index (Phi) is 3.76. The molecule has 1 aromatic heterocycles. The predicted molar refractivity (Wildman–Crippen MR) is 70.0 cm³/mol. The molecule has 88 valence electrons. The van der Waals surface area contributed by atoms with Crippen LogP contribution in [0.3, 0.4) is 0 Å². The average molecular weight is 245 g/mol. The average Bonchev–Trinajstić information content (AvgIpc) is 2.34. The van der Waals surface area contributed by atoms with Crippen molar-refractivity contribution in [1.29, 1.82) is 0 Å². The minimum absolute atomic E-state index is 0.576. The molecule has 0 saturated carbocycles. The maximum atomic E-state index is 5.61. The van der Waals surface area contributed by atoms with Gasteiger partial charge in [-0.25, -0.2) is 9.97 Å². The van der Waals surface area contributed by atoms with E-state index < -0.39 is 0 Å². The van der Waals surface area contributed by atoms with E-state index in [0.29, 0.717) is 6.54 Å². The van der Waals surface area contributed by atoms with Gasteiger partial charge in [-0.2, -0.15) is 0 Å². The minimum atomic E-state index is 0.576. The van der Waals surface area contributed by atoms with Crippen LogP contribution in [0.1, 0.15) is 16.7 Å². The Balaban J connectivity index is 2.21. The molecule has 0 saturated heterocycles. The molecule has 2 rings (SSSR count). The lowest BCUT2D eigenvalue weighted by atomic mass is 10.1. The van der Waals surface area contributed by atoms with Crippen LogP contribution in [0.4, 0.5) is 0 Å². The van der Waals surface area contributed by atoms with Gasteiger partial charge in [-0.05, 0) is 48.4 Å². The van der Waals surface area contributed by atoms with Crippen LogP contribution < -0.4 is 5.73 Å². The molecule has 0 fully saturated rings. The maximum Gasteiger partial charge on any atom is 0.192 e. The lowest BCUT2D eigenvalue weighted by molar-refractivity contribution is 0.948. The summed E-state index contributed by atoms with van der Waals surface area (Å²) in [6.45, 7) is 4.64. The number of aromatic nitrogens is 2. The third kappa shape index (κ3) is 3.05. The topological polar surface area (TPSA) is 51.8 Å². The molecule has 0 spiro atoms. The lowest BCUT2D eigenvalue weighted by Gasteiger charge is -2.06. The largest absolute Gasteiger partial charge is 0.326 e. The molecule has 0 aliphatic heterocycles. The summed E-state index contributed by atoms with van der Waals surface area (Å²) in [6, 6.07) is 6.23. The van der Waals surface area contributed by atoms with E-state index in [0.717, 1.165) is 16.3 Å². The van der Waals surface area contributed by atoms with E-state index in [4.69, 9.17) is 5.73 Å². The number of aryl methyl sites for hydroxylation is 2. The van der Waals surface area contributed by atoms with Gasteiger partial charge in [0.25, 0.3) is 0 Å². The fourth-order valence-corrected chi connectivity index (χ4v) is 2.25. The van der Waals surface area contributed by atoms with Crippen molar-refractivity contribution in [2.24, 2.45) is 5.73 Å². The third-order valence-corrected chi connectivity index (χ3v) is 3.50. The van der Waals surface area contributed by atoms with Crippen LogP contribution in [0.5, 0.6) is 0 Å². The molecule has 0 unspecified atom stereocenters. The second-order valence-corrected chi connectivity index (χ2v) is 4.96. The van der Waals surface area contributed by atoms with E-state index in [1.807, 2.05) is 25.4 Å². The summed E-state index contributed by atoms with van der Waals surface area (Å²) in [4.78, 5) is 9.74. The number of benzene rings is 1. The van der Waals surface area contributed by atoms with Gasteiger partial charge in [-0.15, -0.1) is 0 Å². The van der Waals surface area contributed by atoms with E-state index in [1.165, 1.54) is 10.5 Å². The van der Waals surface area contributed by atoms with Crippen molar-refractivity contribution in [3.05, 3.63) is 47.3 Å². The first-order valence-corrected chi connectivity index (χ1v) is 6.27. The second kappa shape index (κ2) is 5.29. The van der Waals surface area contributed by atoms with Gasteiger partial charge in [0.05, 0.1) is 0 Å². The van der Waals surface area contributed by atoms with Crippen molar-refractivity contribution >= 4 is 11.8 Å². The smallest absolute Gasteiger partial charge is 0.192 e. The van der Waals surface area contributed by atoms with Crippen molar-refractivity contribution < 1.29 is 0 Å². The van der Waals surface area contributed by atoms with Crippen molar-refractivity contribution in [3.8, 4) is 0 Å². The molecule has 1 aromatic carbocycles. The highest BCUT2D eigenvalue weighted by Crippen LogP contribution is 2.27. The van der Waals surface area contributed by atoms with Gasteiger partial charge in [0.1, 0.15) is 0 Å². The first kappa shape index (κ1) is 12.1. The van der Waals surface area contributed by atoms with Crippen molar-refractivity contribution in [3.63, 3.8) is 0 Å². The number of hydrogen-bond acceptors (Lipinski definition) is 4. The molecular formula is C13H15N3S. The molecule has 4 heteroatoms. The van der Waals surface area contributed by atoms with Crippen LogP contribution in [0, 0.1) is 13.8 Å². The highest BCUT2D eigenvalue weighted by Gasteiger charge is 2.04.